The highest BCUT2D eigenvalue weighted by Crippen LogP contribution is 1.98. The van der Waals surface area contributed by atoms with E-state index in [4.69, 9.17) is 11.5 Å². The number of amides is 2. The Balaban J connectivity index is 3.59. The summed E-state index contributed by atoms with van der Waals surface area (Å²) in [5.41, 5.74) is 10.2. The van der Waals surface area contributed by atoms with Gasteiger partial charge in [-0.2, -0.15) is 0 Å². The lowest BCUT2D eigenvalue weighted by Crippen LogP contribution is -2.40. The van der Waals surface area contributed by atoms with Crippen LogP contribution in [0.25, 0.3) is 0 Å². The van der Waals surface area contributed by atoms with Crippen LogP contribution in [0.3, 0.4) is 0 Å². The molecule has 0 aromatic rings. The lowest BCUT2D eigenvalue weighted by molar-refractivity contribution is -0.125. The van der Waals surface area contributed by atoms with Crippen LogP contribution in [-0.2, 0) is 9.53 Å². The van der Waals surface area contributed by atoms with Gasteiger partial charge in [-0.15, -0.1) is 0 Å². The molecule has 2 unspecified atom stereocenters. The van der Waals surface area contributed by atoms with Crippen molar-refractivity contribution in [2.24, 2.45) is 17.4 Å². The number of carbonyl (C=O) groups is 2. The minimum atomic E-state index is -0.848. The van der Waals surface area contributed by atoms with Crippen molar-refractivity contribution in [1.29, 1.82) is 0 Å². The molecule has 0 bridgehead atoms. The Morgan fingerprint density at radius 3 is 2.43 bits per heavy atom. The first-order chi connectivity index (χ1) is 6.45. The molecule has 6 nitrogen and oxygen atoms in total. The van der Waals surface area contributed by atoms with Crippen molar-refractivity contribution < 1.29 is 14.3 Å². The lowest BCUT2D eigenvalue weighted by atomic mass is 10.0. The summed E-state index contributed by atoms with van der Waals surface area (Å²) >= 11 is 0. The zero-order valence-electron chi connectivity index (χ0n) is 8.45. The van der Waals surface area contributed by atoms with E-state index in [0.29, 0.717) is 0 Å². The topological polar surface area (TPSA) is 107 Å². The molecule has 2 amide bonds. The SMILES string of the molecule is CC(N)C(C)C(=O)NCCOC(N)=O. The molecule has 14 heavy (non-hydrogen) atoms. The van der Waals surface area contributed by atoms with E-state index in [1.165, 1.54) is 0 Å². The number of hydrogen-bond donors (Lipinski definition) is 3. The molecule has 0 heterocycles. The van der Waals surface area contributed by atoms with Crippen LogP contribution in [-0.4, -0.2) is 31.2 Å². The second-order valence-corrected chi connectivity index (χ2v) is 3.11. The molecule has 0 aliphatic rings. The molecule has 82 valence electrons. The van der Waals surface area contributed by atoms with Gasteiger partial charge in [-0.1, -0.05) is 6.92 Å². The van der Waals surface area contributed by atoms with Crippen molar-refractivity contribution in [2.45, 2.75) is 19.9 Å². The average molecular weight is 203 g/mol. The molecule has 6 heteroatoms. The Bertz CT molecular complexity index is 206. The first kappa shape index (κ1) is 12.7. The summed E-state index contributed by atoms with van der Waals surface area (Å²) in [5.74, 6) is -0.420. The maximum absolute atomic E-state index is 11.3. The summed E-state index contributed by atoms with van der Waals surface area (Å²) in [5, 5.41) is 2.57. The van der Waals surface area contributed by atoms with E-state index in [2.05, 4.69) is 10.1 Å². The first-order valence-electron chi connectivity index (χ1n) is 4.40. The number of nitrogens with one attached hydrogen (secondary N) is 1. The van der Waals surface area contributed by atoms with Crippen LogP contribution < -0.4 is 16.8 Å². The van der Waals surface area contributed by atoms with Crippen LogP contribution in [0.1, 0.15) is 13.8 Å². The van der Waals surface area contributed by atoms with Gasteiger partial charge < -0.3 is 21.5 Å². The predicted octanol–water partition coefficient (Wildman–Crippen LogP) is -0.819. The highest BCUT2D eigenvalue weighted by Gasteiger charge is 2.15. The van der Waals surface area contributed by atoms with Crippen molar-refractivity contribution in [3.63, 3.8) is 0 Å². The van der Waals surface area contributed by atoms with Gasteiger partial charge in [0.15, 0.2) is 0 Å². The smallest absolute Gasteiger partial charge is 0.404 e. The molecule has 0 spiro atoms. The minimum absolute atomic E-state index is 0.0761. The van der Waals surface area contributed by atoms with E-state index in [9.17, 15) is 9.59 Å². The molecule has 0 aromatic heterocycles. The summed E-state index contributed by atoms with van der Waals surface area (Å²) in [6.07, 6.45) is -0.848. The number of ether oxygens (including phenoxy) is 1. The Morgan fingerprint density at radius 1 is 1.43 bits per heavy atom. The van der Waals surface area contributed by atoms with Crippen LogP contribution in [0, 0.1) is 5.92 Å². The van der Waals surface area contributed by atoms with Gasteiger partial charge in [0, 0.05) is 12.0 Å². The quantitative estimate of drug-likeness (QED) is 0.507. The van der Waals surface area contributed by atoms with Crippen molar-refractivity contribution in [2.75, 3.05) is 13.2 Å². The van der Waals surface area contributed by atoms with Crippen LogP contribution in [0.15, 0.2) is 0 Å². The third-order valence-electron chi connectivity index (χ3n) is 1.85. The maximum Gasteiger partial charge on any atom is 0.404 e. The molecule has 5 N–H and O–H groups in total. The Morgan fingerprint density at radius 2 is 2.00 bits per heavy atom. The van der Waals surface area contributed by atoms with Gasteiger partial charge in [-0.05, 0) is 6.92 Å². The van der Waals surface area contributed by atoms with Crippen LogP contribution in [0.2, 0.25) is 0 Å². The van der Waals surface area contributed by atoms with E-state index in [0.717, 1.165) is 0 Å². The standard InChI is InChI=1S/C8H17N3O3/c1-5(6(2)9)7(12)11-3-4-14-8(10)13/h5-6H,3-4,9H2,1-2H3,(H2,10,13)(H,11,12). The van der Waals surface area contributed by atoms with E-state index in [-0.39, 0.29) is 31.0 Å². The van der Waals surface area contributed by atoms with Crippen molar-refractivity contribution >= 4 is 12.0 Å². The molecule has 0 aliphatic heterocycles. The number of hydrogen-bond acceptors (Lipinski definition) is 4. The molecular weight excluding hydrogens is 186 g/mol. The molecule has 2 atom stereocenters. The second kappa shape index (κ2) is 6.20. The Labute approximate surface area is 83.0 Å². The van der Waals surface area contributed by atoms with Gasteiger partial charge in [0.25, 0.3) is 0 Å². The largest absolute Gasteiger partial charge is 0.448 e. The monoisotopic (exact) mass is 203 g/mol. The van der Waals surface area contributed by atoms with Gasteiger partial charge in [-0.25, -0.2) is 4.79 Å². The Kier molecular flexibility index (Phi) is 5.62. The normalized spacial score (nSPS) is 14.2. The van der Waals surface area contributed by atoms with Gasteiger partial charge >= 0.3 is 6.09 Å². The Hall–Kier alpha value is -1.30. The minimum Gasteiger partial charge on any atom is -0.448 e. The number of nitrogens with two attached hydrogens (primary N) is 2. The third kappa shape index (κ3) is 5.36. The summed E-state index contributed by atoms with van der Waals surface area (Å²) in [4.78, 5) is 21.4. The zero-order chi connectivity index (χ0) is 11.1. The second-order valence-electron chi connectivity index (χ2n) is 3.11. The van der Waals surface area contributed by atoms with E-state index >= 15 is 0 Å². The first-order valence-corrected chi connectivity index (χ1v) is 4.40. The highest BCUT2D eigenvalue weighted by molar-refractivity contribution is 5.78. The molecule has 0 aromatic carbocycles. The van der Waals surface area contributed by atoms with Gasteiger partial charge in [0.1, 0.15) is 6.61 Å². The molecule has 0 rings (SSSR count). The van der Waals surface area contributed by atoms with Crippen molar-refractivity contribution in [3.05, 3.63) is 0 Å². The zero-order valence-corrected chi connectivity index (χ0v) is 8.45. The molecule has 0 aliphatic carbocycles. The summed E-state index contributed by atoms with van der Waals surface area (Å²) < 4.78 is 4.43. The van der Waals surface area contributed by atoms with Gasteiger partial charge in [0.2, 0.25) is 5.91 Å². The number of primary amides is 1. The van der Waals surface area contributed by atoms with E-state index in [1.54, 1.807) is 13.8 Å². The van der Waals surface area contributed by atoms with Gasteiger partial charge in [0.05, 0.1) is 6.54 Å². The van der Waals surface area contributed by atoms with Crippen LogP contribution in [0.5, 0.6) is 0 Å². The fourth-order valence-corrected chi connectivity index (χ4v) is 0.726. The molecule has 0 saturated heterocycles. The molecule has 0 radical (unpaired) electrons. The molecule has 0 fully saturated rings. The van der Waals surface area contributed by atoms with Crippen LogP contribution in [0.4, 0.5) is 4.79 Å². The van der Waals surface area contributed by atoms with Crippen molar-refractivity contribution in [3.8, 4) is 0 Å². The molecular formula is C8H17N3O3. The fraction of sp³-hybridized carbons (Fsp3) is 0.750. The lowest BCUT2D eigenvalue weighted by Gasteiger charge is -2.14. The number of rotatable bonds is 5. The van der Waals surface area contributed by atoms with E-state index in [1.807, 2.05) is 0 Å². The number of carbonyl (C=O) groups excluding carboxylic acids is 2. The summed E-state index contributed by atoms with van der Waals surface area (Å²) in [6, 6.07) is -0.202. The third-order valence-corrected chi connectivity index (χ3v) is 1.85. The summed E-state index contributed by atoms with van der Waals surface area (Å²) in [6.45, 7) is 3.81. The highest BCUT2D eigenvalue weighted by atomic mass is 16.5. The fourth-order valence-electron chi connectivity index (χ4n) is 0.726. The van der Waals surface area contributed by atoms with Crippen molar-refractivity contribution in [1.82, 2.24) is 5.32 Å². The van der Waals surface area contributed by atoms with E-state index < -0.39 is 6.09 Å². The predicted molar refractivity (Wildman–Crippen MR) is 51.4 cm³/mol. The average Bonchev–Trinajstić information content (AvgIpc) is 2.10. The maximum atomic E-state index is 11.3. The van der Waals surface area contributed by atoms with Gasteiger partial charge in [-0.3, -0.25) is 4.79 Å². The molecule has 0 saturated carbocycles. The summed E-state index contributed by atoms with van der Waals surface area (Å²) in [7, 11) is 0. The van der Waals surface area contributed by atoms with Crippen LogP contribution >= 0.6 is 0 Å².